The van der Waals surface area contributed by atoms with Gasteiger partial charge in [0.15, 0.2) is 0 Å². The average molecular weight is 345 g/mol. The number of carbonyl (C=O) groups is 1. The maximum absolute atomic E-state index is 12.4. The van der Waals surface area contributed by atoms with Crippen molar-refractivity contribution in [2.45, 2.75) is 56.4 Å². The van der Waals surface area contributed by atoms with Gasteiger partial charge in [-0.2, -0.15) is 0 Å². The summed E-state index contributed by atoms with van der Waals surface area (Å²) in [5, 5.41) is 3.06. The lowest BCUT2D eigenvalue weighted by molar-refractivity contribution is 0.0937. The van der Waals surface area contributed by atoms with Gasteiger partial charge in [0.1, 0.15) is 0 Å². The molecule has 7 heteroatoms. The zero-order valence-electron chi connectivity index (χ0n) is 13.4. The SMILES string of the molecule is Cc1sc(C(=O)NC2CCCCCC2)cc1S(=O)(=O)N(C)C. The van der Waals surface area contributed by atoms with Crippen LogP contribution in [0.15, 0.2) is 11.0 Å². The molecule has 0 bridgehead atoms. The number of carbonyl (C=O) groups excluding carboxylic acids is 1. The minimum atomic E-state index is -3.50. The standard InChI is InChI=1S/C15H24N2O3S2/c1-11-14(22(19,20)17(2)3)10-13(21-11)15(18)16-12-8-6-4-5-7-9-12/h10,12H,4-9H2,1-3H3,(H,16,18). The number of nitrogens with zero attached hydrogens (tertiary/aromatic N) is 1. The summed E-state index contributed by atoms with van der Waals surface area (Å²) in [6, 6.07) is 1.72. The van der Waals surface area contributed by atoms with Gasteiger partial charge in [-0.3, -0.25) is 4.79 Å². The van der Waals surface area contributed by atoms with Gasteiger partial charge in [-0.15, -0.1) is 11.3 Å². The third-order valence-corrected chi connectivity index (χ3v) is 7.16. The van der Waals surface area contributed by atoms with Gasteiger partial charge >= 0.3 is 0 Å². The largest absolute Gasteiger partial charge is 0.349 e. The van der Waals surface area contributed by atoms with Crippen LogP contribution in [0.1, 0.15) is 53.1 Å². The van der Waals surface area contributed by atoms with Crippen molar-refractivity contribution in [2.75, 3.05) is 14.1 Å². The zero-order chi connectivity index (χ0) is 16.3. The van der Waals surface area contributed by atoms with Crippen molar-refractivity contribution in [3.8, 4) is 0 Å². The predicted octanol–water partition coefficient (Wildman–Crippen LogP) is 2.76. The van der Waals surface area contributed by atoms with Crippen molar-refractivity contribution in [3.63, 3.8) is 0 Å². The van der Waals surface area contributed by atoms with Crippen molar-refractivity contribution in [1.29, 1.82) is 0 Å². The van der Waals surface area contributed by atoms with Crippen LogP contribution in [-0.2, 0) is 10.0 Å². The minimum absolute atomic E-state index is 0.153. The molecule has 0 unspecified atom stereocenters. The van der Waals surface area contributed by atoms with Crippen LogP contribution in [-0.4, -0.2) is 38.8 Å². The molecule has 0 aromatic carbocycles. The molecule has 0 saturated heterocycles. The predicted molar refractivity (Wildman–Crippen MR) is 88.9 cm³/mol. The molecule has 22 heavy (non-hydrogen) atoms. The number of thiophene rings is 1. The molecule has 1 N–H and O–H groups in total. The van der Waals surface area contributed by atoms with Crippen LogP contribution in [0, 0.1) is 6.92 Å². The normalized spacial score (nSPS) is 17.5. The molecule has 1 aliphatic rings. The topological polar surface area (TPSA) is 66.5 Å². The summed E-state index contributed by atoms with van der Waals surface area (Å²) in [7, 11) is -0.500. The van der Waals surface area contributed by atoms with Crippen LogP contribution in [0.4, 0.5) is 0 Å². The van der Waals surface area contributed by atoms with Gasteiger partial charge in [-0.25, -0.2) is 12.7 Å². The van der Waals surface area contributed by atoms with Crippen LogP contribution in [0.2, 0.25) is 0 Å². The quantitative estimate of drug-likeness (QED) is 0.854. The molecule has 0 aliphatic heterocycles. The number of hydrogen-bond donors (Lipinski definition) is 1. The number of hydrogen-bond acceptors (Lipinski definition) is 4. The fourth-order valence-electron chi connectivity index (χ4n) is 2.71. The number of aryl methyl sites for hydroxylation is 1. The van der Waals surface area contributed by atoms with E-state index in [0.717, 1.165) is 25.7 Å². The second kappa shape index (κ2) is 7.10. The van der Waals surface area contributed by atoms with Gasteiger partial charge in [-0.1, -0.05) is 25.7 Å². The van der Waals surface area contributed by atoms with E-state index in [2.05, 4.69) is 5.32 Å². The maximum Gasteiger partial charge on any atom is 0.261 e. The second-order valence-electron chi connectivity index (χ2n) is 5.98. The van der Waals surface area contributed by atoms with Crippen LogP contribution in [0.5, 0.6) is 0 Å². The van der Waals surface area contributed by atoms with Crippen molar-refractivity contribution in [3.05, 3.63) is 15.8 Å². The number of sulfonamides is 1. The highest BCUT2D eigenvalue weighted by molar-refractivity contribution is 7.89. The molecule has 1 aliphatic carbocycles. The molecule has 5 nitrogen and oxygen atoms in total. The van der Waals surface area contributed by atoms with Crippen LogP contribution < -0.4 is 5.32 Å². The monoisotopic (exact) mass is 344 g/mol. The van der Waals surface area contributed by atoms with Gasteiger partial charge in [-0.05, 0) is 25.8 Å². The molecule has 0 atom stereocenters. The number of amides is 1. The van der Waals surface area contributed by atoms with Crippen molar-refractivity contribution < 1.29 is 13.2 Å². The summed E-state index contributed by atoms with van der Waals surface area (Å²) in [6.07, 6.45) is 6.78. The van der Waals surface area contributed by atoms with Crippen LogP contribution in [0.3, 0.4) is 0 Å². The molecule has 1 amide bonds. The van der Waals surface area contributed by atoms with Gasteiger partial charge in [0.25, 0.3) is 5.91 Å². The Balaban J connectivity index is 2.14. The molecule has 1 saturated carbocycles. The first-order valence-electron chi connectivity index (χ1n) is 7.66. The first kappa shape index (κ1) is 17.4. The van der Waals surface area contributed by atoms with Crippen molar-refractivity contribution >= 4 is 27.3 Å². The molecule has 1 heterocycles. The summed E-state index contributed by atoms with van der Waals surface area (Å²) in [5.74, 6) is -0.153. The van der Waals surface area contributed by atoms with E-state index in [1.54, 1.807) is 6.92 Å². The van der Waals surface area contributed by atoms with Gasteiger partial charge in [0.05, 0.1) is 9.77 Å². The van der Waals surface area contributed by atoms with E-state index in [9.17, 15) is 13.2 Å². The molecule has 1 fully saturated rings. The third kappa shape index (κ3) is 3.88. The molecule has 124 valence electrons. The lowest BCUT2D eigenvalue weighted by Crippen LogP contribution is -2.33. The average Bonchev–Trinajstić information content (AvgIpc) is 2.67. The molecule has 2 rings (SSSR count). The van der Waals surface area contributed by atoms with E-state index in [-0.39, 0.29) is 16.8 Å². The Bertz CT molecular complexity index is 627. The lowest BCUT2D eigenvalue weighted by Gasteiger charge is -2.15. The summed E-state index contributed by atoms with van der Waals surface area (Å²) in [4.78, 5) is 13.7. The van der Waals surface area contributed by atoms with E-state index in [1.165, 1.54) is 48.6 Å². The van der Waals surface area contributed by atoms with E-state index < -0.39 is 10.0 Å². The highest BCUT2D eigenvalue weighted by Crippen LogP contribution is 2.28. The first-order valence-corrected chi connectivity index (χ1v) is 9.92. The zero-order valence-corrected chi connectivity index (χ0v) is 15.0. The maximum atomic E-state index is 12.4. The lowest BCUT2D eigenvalue weighted by atomic mass is 10.1. The summed E-state index contributed by atoms with van der Waals surface area (Å²) in [6.45, 7) is 1.74. The Morgan fingerprint density at radius 3 is 2.36 bits per heavy atom. The summed E-state index contributed by atoms with van der Waals surface area (Å²) < 4.78 is 25.6. The highest BCUT2D eigenvalue weighted by atomic mass is 32.2. The van der Waals surface area contributed by atoms with Crippen LogP contribution >= 0.6 is 11.3 Å². The molecule has 1 aromatic heterocycles. The summed E-state index contributed by atoms with van der Waals surface area (Å²) >= 11 is 1.24. The molecule has 0 spiro atoms. The van der Waals surface area contributed by atoms with Gasteiger partial charge < -0.3 is 5.32 Å². The van der Waals surface area contributed by atoms with E-state index in [1.807, 2.05) is 0 Å². The van der Waals surface area contributed by atoms with Crippen molar-refractivity contribution in [1.82, 2.24) is 9.62 Å². The Kier molecular flexibility index (Phi) is 5.63. The molecule has 0 radical (unpaired) electrons. The molecular weight excluding hydrogens is 320 g/mol. The second-order valence-corrected chi connectivity index (χ2v) is 9.36. The number of rotatable bonds is 4. The smallest absolute Gasteiger partial charge is 0.261 e. The first-order chi connectivity index (χ1) is 10.3. The Labute approximate surface area is 136 Å². The molecular formula is C15H24N2O3S2. The summed E-state index contributed by atoms with van der Waals surface area (Å²) in [5.41, 5.74) is 0. The van der Waals surface area contributed by atoms with E-state index >= 15 is 0 Å². The Morgan fingerprint density at radius 1 is 1.23 bits per heavy atom. The number of nitrogens with one attached hydrogen (secondary N) is 1. The van der Waals surface area contributed by atoms with Gasteiger partial charge in [0, 0.05) is 25.0 Å². The van der Waals surface area contributed by atoms with Crippen molar-refractivity contribution in [2.24, 2.45) is 0 Å². The Morgan fingerprint density at radius 2 is 1.82 bits per heavy atom. The van der Waals surface area contributed by atoms with Crippen LogP contribution in [0.25, 0.3) is 0 Å². The highest BCUT2D eigenvalue weighted by Gasteiger charge is 2.25. The molecule has 1 aromatic rings. The van der Waals surface area contributed by atoms with Gasteiger partial charge in [0.2, 0.25) is 10.0 Å². The Hall–Kier alpha value is -0.920. The van der Waals surface area contributed by atoms with E-state index in [0.29, 0.717) is 9.75 Å². The minimum Gasteiger partial charge on any atom is -0.349 e. The van der Waals surface area contributed by atoms with E-state index in [4.69, 9.17) is 0 Å². The third-order valence-electron chi connectivity index (χ3n) is 4.05. The fourth-order valence-corrected chi connectivity index (χ4v) is 5.07. The fraction of sp³-hybridized carbons (Fsp3) is 0.667.